The number of carbonyl (C=O) groups is 1. The largest absolute Gasteiger partial charge is 0.496 e. The SMILES string of the molecule is COc1cccc(C(=O)c2ccc(F)cc2)c1CNC(F)(F)F. The molecule has 0 saturated heterocycles. The highest BCUT2D eigenvalue weighted by atomic mass is 19.4. The first-order valence-electron chi connectivity index (χ1n) is 6.59. The molecule has 7 heteroatoms. The molecule has 0 unspecified atom stereocenters. The van der Waals surface area contributed by atoms with Gasteiger partial charge in [-0.3, -0.25) is 4.79 Å². The molecule has 0 aliphatic carbocycles. The summed E-state index contributed by atoms with van der Waals surface area (Å²) in [6, 6.07) is 9.15. The van der Waals surface area contributed by atoms with Gasteiger partial charge in [0.2, 0.25) is 0 Å². The van der Waals surface area contributed by atoms with E-state index in [2.05, 4.69) is 0 Å². The Hall–Kier alpha value is -2.41. The fraction of sp³-hybridized carbons (Fsp3) is 0.188. The van der Waals surface area contributed by atoms with Crippen molar-refractivity contribution in [1.82, 2.24) is 5.32 Å². The fourth-order valence-corrected chi connectivity index (χ4v) is 2.10. The Bertz CT molecular complexity index is 696. The third-order valence-electron chi connectivity index (χ3n) is 3.17. The van der Waals surface area contributed by atoms with Gasteiger partial charge < -0.3 is 4.74 Å². The summed E-state index contributed by atoms with van der Waals surface area (Å²) in [4.78, 5) is 12.5. The van der Waals surface area contributed by atoms with E-state index in [9.17, 15) is 22.4 Å². The van der Waals surface area contributed by atoms with Crippen molar-refractivity contribution in [2.24, 2.45) is 0 Å². The number of benzene rings is 2. The van der Waals surface area contributed by atoms with Crippen molar-refractivity contribution in [2.45, 2.75) is 12.8 Å². The van der Waals surface area contributed by atoms with E-state index in [1.165, 1.54) is 42.8 Å². The molecule has 0 amide bonds. The van der Waals surface area contributed by atoms with Crippen molar-refractivity contribution in [2.75, 3.05) is 7.11 Å². The second-order valence-corrected chi connectivity index (χ2v) is 4.67. The van der Waals surface area contributed by atoms with Crippen LogP contribution in [0.15, 0.2) is 42.5 Å². The van der Waals surface area contributed by atoms with E-state index in [-0.39, 0.29) is 22.4 Å². The second-order valence-electron chi connectivity index (χ2n) is 4.67. The number of carbonyl (C=O) groups excluding carboxylic acids is 1. The maximum absolute atomic E-state index is 12.9. The maximum atomic E-state index is 12.9. The Morgan fingerprint density at radius 1 is 1.13 bits per heavy atom. The molecule has 0 bridgehead atoms. The molecule has 122 valence electrons. The van der Waals surface area contributed by atoms with Crippen molar-refractivity contribution in [1.29, 1.82) is 0 Å². The summed E-state index contributed by atoms with van der Waals surface area (Å²) < 4.78 is 55.2. The standard InChI is InChI=1S/C16H13F4NO2/c1-23-14-4-2-3-12(13(14)9-21-16(18,19)20)15(22)10-5-7-11(17)8-6-10/h2-8,21H,9H2,1H3. The molecule has 0 aliphatic heterocycles. The molecule has 0 saturated carbocycles. The van der Waals surface area contributed by atoms with Gasteiger partial charge in [0.25, 0.3) is 0 Å². The number of rotatable bonds is 5. The van der Waals surface area contributed by atoms with Gasteiger partial charge >= 0.3 is 6.30 Å². The average Bonchev–Trinajstić information content (AvgIpc) is 2.51. The molecular formula is C16H13F4NO2. The maximum Gasteiger partial charge on any atom is 0.457 e. The number of hydrogen-bond donors (Lipinski definition) is 1. The summed E-state index contributed by atoms with van der Waals surface area (Å²) >= 11 is 0. The number of ketones is 1. The van der Waals surface area contributed by atoms with Crippen LogP contribution in [0.3, 0.4) is 0 Å². The van der Waals surface area contributed by atoms with E-state index >= 15 is 0 Å². The predicted molar refractivity (Wildman–Crippen MR) is 75.7 cm³/mol. The summed E-state index contributed by atoms with van der Waals surface area (Å²) in [5.41, 5.74) is 0.322. The zero-order chi connectivity index (χ0) is 17.0. The van der Waals surface area contributed by atoms with Crippen LogP contribution < -0.4 is 10.1 Å². The van der Waals surface area contributed by atoms with E-state index in [0.717, 1.165) is 12.1 Å². The lowest BCUT2D eigenvalue weighted by Crippen LogP contribution is -2.31. The molecular weight excluding hydrogens is 314 g/mol. The van der Waals surface area contributed by atoms with Crippen LogP contribution in [0.1, 0.15) is 21.5 Å². The lowest BCUT2D eigenvalue weighted by Gasteiger charge is -2.15. The summed E-state index contributed by atoms with van der Waals surface area (Å²) in [5.74, 6) is -0.858. The highest BCUT2D eigenvalue weighted by molar-refractivity contribution is 6.10. The molecule has 2 rings (SSSR count). The van der Waals surface area contributed by atoms with Gasteiger partial charge in [0.15, 0.2) is 5.78 Å². The van der Waals surface area contributed by atoms with Gasteiger partial charge in [0, 0.05) is 23.2 Å². The zero-order valence-electron chi connectivity index (χ0n) is 12.1. The second kappa shape index (κ2) is 6.78. The molecule has 1 N–H and O–H groups in total. The summed E-state index contributed by atoms with van der Waals surface area (Å²) in [6.45, 7) is -0.615. The van der Waals surface area contributed by atoms with Crippen LogP contribution in [0.5, 0.6) is 5.75 Å². The van der Waals surface area contributed by atoms with Crippen molar-refractivity contribution >= 4 is 5.78 Å². The summed E-state index contributed by atoms with van der Waals surface area (Å²) in [6.07, 6.45) is -4.59. The van der Waals surface area contributed by atoms with Crippen LogP contribution in [-0.2, 0) is 6.54 Å². The summed E-state index contributed by atoms with van der Waals surface area (Å²) in [5, 5.41) is 1.38. The molecule has 23 heavy (non-hydrogen) atoms. The molecule has 0 aliphatic rings. The number of halogens is 4. The van der Waals surface area contributed by atoms with Gasteiger partial charge in [-0.15, -0.1) is 0 Å². The Morgan fingerprint density at radius 3 is 2.35 bits per heavy atom. The molecule has 3 nitrogen and oxygen atoms in total. The smallest absolute Gasteiger partial charge is 0.457 e. The van der Waals surface area contributed by atoms with Crippen molar-refractivity contribution in [3.05, 3.63) is 65.0 Å². The van der Waals surface area contributed by atoms with Gasteiger partial charge in [0.05, 0.1) is 7.11 Å². The molecule has 0 radical (unpaired) electrons. The Kier molecular flexibility index (Phi) is 5.00. The highest BCUT2D eigenvalue weighted by Gasteiger charge is 2.28. The van der Waals surface area contributed by atoms with Crippen LogP contribution in [0.25, 0.3) is 0 Å². The number of ether oxygens (including phenoxy) is 1. The van der Waals surface area contributed by atoms with Crippen LogP contribution in [-0.4, -0.2) is 19.2 Å². The Balaban J connectivity index is 2.40. The number of methoxy groups -OCH3 is 1. The van der Waals surface area contributed by atoms with E-state index in [4.69, 9.17) is 4.74 Å². The third kappa shape index (κ3) is 4.29. The van der Waals surface area contributed by atoms with E-state index < -0.39 is 24.4 Å². The lowest BCUT2D eigenvalue weighted by atomic mass is 9.97. The highest BCUT2D eigenvalue weighted by Crippen LogP contribution is 2.26. The molecule has 0 fully saturated rings. The topological polar surface area (TPSA) is 38.3 Å². The first-order chi connectivity index (χ1) is 10.8. The minimum Gasteiger partial charge on any atom is -0.496 e. The minimum absolute atomic E-state index is 0.0627. The minimum atomic E-state index is -4.59. The van der Waals surface area contributed by atoms with Gasteiger partial charge in [-0.2, -0.15) is 13.2 Å². The van der Waals surface area contributed by atoms with Crippen LogP contribution in [0.2, 0.25) is 0 Å². The molecule has 0 heterocycles. The normalized spacial score (nSPS) is 11.3. The molecule has 0 atom stereocenters. The first kappa shape index (κ1) is 17.0. The predicted octanol–water partition coefficient (Wildman–Crippen LogP) is 3.67. The molecule has 2 aromatic rings. The quantitative estimate of drug-likeness (QED) is 0.517. The van der Waals surface area contributed by atoms with Gasteiger partial charge in [-0.25, -0.2) is 9.71 Å². The molecule has 2 aromatic carbocycles. The van der Waals surface area contributed by atoms with Crippen molar-refractivity contribution < 1.29 is 27.1 Å². The van der Waals surface area contributed by atoms with Crippen LogP contribution in [0.4, 0.5) is 17.6 Å². The zero-order valence-corrected chi connectivity index (χ0v) is 12.1. The van der Waals surface area contributed by atoms with Crippen molar-refractivity contribution in [3.63, 3.8) is 0 Å². The lowest BCUT2D eigenvalue weighted by molar-refractivity contribution is -0.158. The number of nitrogens with one attached hydrogen (secondary N) is 1. The fourth-order valence-electron chi connectivity index (χ4n) is 2.10. The Labute approximate surface area is 129 Å². The van der Waals surface area contributed by atoms with Crippen molar-refractivity contribution in [3.8, 4) is 5.75 Å². The van der Waals surface area contributed by atoms with E-state index in [1.807, 2.05) is 0 Å². The van der Waals surface area contributed by atoms with Crippen LogP contribution >= 0.6 is 0 Å². The van der Waals surface area contributed by atoms with Crippen LogP contribution in [0, 0.1) is 5.82 Å². The first-order valence-corrected chi connectivity index (χ1v) is 6.59. The summed E-state index contributed by atoms with van der Waals surface area (Å²) in [7, 11) is 1.30. The molecule has 0 spiro atoms. The number of hydrogen-bond acceptors (Lipinski definition) is 3. The average molecular weight is 327 g/mol. The third-order valence-corrected chi connectivity index (χ3v) is 3.17. The monoisotopic (exact) mass is 327 g/mol. The van der Waals surface area contributed by atoms with E-state index in [0.29, 0.717) is 0 Å². The molecule has 0 aromatic heterocycles. The van der Waals surface area contributed by atoms with Gasteiger partial charge in [-0.05, 0) is 30.3 Å². The van der Waals surface area contributed by atoms with Gasteiger partial charge in [0.1, 0.15) is 11.6 Å². The number of alkyl halides is 3. The van der Waals surface area contributed by atoms with Gasteiger partial charge in [-0.1, -0.05) is 12.1 Å². The Morgan fingerprint density at radius 2 is 1.78 bits per heavy atom. The van der Waals surface area contributed by atoms with E-state index in [1.54, 1.807) is 0 Å².